The van der Waals surface area contributed by atoms with Crippen molar-refractivity contribution in [2.45, 2.75) is 12.8 Å². The molecular weight excluding hydrogens is 346 g/mol. The van der Waals surface area contributed by atoms with E-state index in [2.05, 4.69) is 10.1 Å². The van der Waals surface area contributed by atoms with Crippen molar-refractivity contribution in [2.24, 2.45) is 0 Å². The number of nitrogens with zero attached hydrogens (tertiary/aromatic N) is 3. The van der Waals surface area contributed by atoms with Crippen LogP contribution in [0.15, 0.2) is 53.1 Å². The lowest BCUT2D eigenvalue weighted by molar-refractivity contribution is 0.0651. The summed E-state index contributed by atoms with van der Waals surface area (Å²) in [4.78, 5) is 30.3. The summed E-state index contributed by atoms with van der Waals surface area (Å²) in [6, 6.07) is 14.2. The Balaban J connectivity index is 1.37. The van der Waals surface area contributed by atoms with Gasteiger partial charge in [0.2, 0.25) is 11.7 Å². The Hall–Kier alpha value is -3.48. The van der Waals surface area contributed by atoms with Crippen LogP contribution >= 0.6 is 0 Å². The number of fused-ring (bicyclic) bond motifs is 1. The first kappa shape index (κ1) is 17.0. The van der Waals surface area contributed by atoms with Crippen LogP contribution in [-0.4, -0.2) is 40.5 Å². The molecule has 7 heteroatoms. The first-order chi connectivity index (χ1) is 13.2. The fraction of sp³-hybridized carbons (Fsp3) is 0.200. The summed E-state index contributed by atoms with van der Waals surface area (Å²) >= 11 is 0. The van der Waals surface area contributed by atoms with Crippen molar-refractivity contribution in [3.63, 3.8) is 0 Å². The van der Waals surface area contributed by atoms with Crippen molar-refractivity contribution in [1.82, 2.24) is 15.0 Å². The predicted octanol–water partition coefficient (Wildman–Crippen LogP) is 2.97. The molecule has 0 aliphatic carbocycles. The number of carbonyl (C=O) groups is 2. The van der Waals surface area contributed by atoms with Gasteiger partial charge in [0, 0.05) is 18.5 Å². The molecule has 0 spiro atoms. The number of amides is 2. The minimum atomic E-state index is -0.250. The molecule has 0 unspecified atom stereocenters. The Morgan fingerprint density at radius 1 is 1.00 bits per heavy atom. The van der Waals surface area contributed by atoms with Crippen LogP contribution in [0.3, 0.4) is 0 Å². The highest BCUT2D eigenvalue weighted by Crippen LogP contribution is 2.23. The number of imide groups is 1. The zero-order valence-corrected chi connectivity index (χ0v) is 14.7. The van der Waals surface area contributed by atoms with Crippen LogP contribution in [0.1, 0.15) is 33.0 Å². The first-order valence-corrected chi connectivity index (χ1v) is 8.59. The van der Waals surface area contributed by atoms with Gasteiger partial charge in [-0.05, 0) is 42.8 Å². The summed E-state index contributed by atoms with van der Waals surface area (Å²) < 4.78 is 10.4. The number of rotatable bonds is 6. The highest BCUT2D eigenvalue weighted by atomic mass is 16.5. The van der Waals surface area contributed by atoms with E-state index in [0.717, 1.165) is 11.3 Å². The number of hydrogen-bond donors (Lipinski definition) is 0. The third-order valence-electron chi connectivity index (χ3n) is 4.47. The zero-order valence-electron chi connectivity index (χ0n) is 14.7. The lowest BCUT2D eigenvalue weighted by Crippen LogP contribution is -2.30. The quantitative estimate of drug-likeness (QED) is 0.626. The van der Waals surface area contributed by atoms with Crippen molar-refractivity contribution in [3.05, 3.63) is 65.5 Å². The predicted molar refractivity (Wildman–Crippen MR) is 96.4 cm³/mol. The molecule has 3 aromatic rings. The highest BCUT2D eigenvalue weighted by Gasteiger charge is 2.34. The molecule has 2 aromatic carbocycles. The topological polar surface area (TPSA) is 85.5 Å². The third-order valence-corrected chi connectivity index (χ3v) is 4.47. The van der Waals surface area contributed by atoms with Gasteiger partial charge in [-0.1, -0.05) is 17.3 Å². The maximum Gasteiger partial charge on any atom is 0.261 e. The minimum absolute atomic E-state index is 0.250. The van der Waals surface area contributed by atoms with Gasteiger partial charge < -0.3 is 9.26 Å². The molecule has 0 bridgehead atoms. The SMILES string of the molecule is COc1ccc(-c2noc(CCCN3C(=O)c4ccccc4C3=O)n2)cc1. The number of benzene rings is 2. The second kappa shape index (κ2) is 7.03. The van der Waals surface area contributed by atoms with Crippen LogP contribution in [-0.2, 0) is 6.42 Å². The van der Waals surface area contributed by atoms with Crippen LogP contribution in [0, 0.1) is 0 Å². The summed E-state index contributed by atoms with van der Waals surface area (Å²) in [5.74, 6) is 1.22. The van der Waals surface area contributed by atoms with E-state index in [0.29, 0.717) is 42.2 Å². The average molecular weight is 363 g/mol. The Labute approximate surface area is 155 Å². The second-order valence-electron chi connectivity index (χ2n) is 6.15. The molecule has 136 valence electrons. The fourth-order valence-corrected chi connectivity index (χ4v) is 3.04. The van der Waals surface area contributed by atoms with Crippen LogP contribution in [0.25, 0.3) is 11.4 Å². The zero-order chi connectivity index (χ0) is 18.8. The largest absolute Gasteiger partial charge is 0.497 e. The molecule has 0 atom stereocenters. The summed E-state index contributed by atoms with van der Waals surface area (Å²) in [5, 5.41) is 3.98. The van der Waals surface area contributed by atoms with E-state index in [9.17, 15) is 9.59 Å². The van der Waals surface area contributed by atoms with E-state index in [-0.39, 0.29) is 11.8 Å². The number of aryl methyl sites for hydroxylation is 1. The molecule has 1 aliphatic heterocycles. The van der Waals surface area contributed by atoms with E-state index < -0.39 is 0 Å². The maximum atomic E-state index is 12.3. The van der Waals surface area contributed by atoms with Crippen LogP contribution < -0.4 is 4.74 Å². The molecule has 0 N–H and O–H groups in total. The molecule has 27 heavy (non-hydrogen) atoms. The van der Waals surface area contributed by atoms with Gasteiger partial charge in [-0.15, -0.1) is 0 Å². The van der Waals surface area contributed by atoms with Gasteiger partial charge in [0.05, 0.1) is 18.2 Å². The smallest absolute Gasteiger partial charge is 0.261 e. The van der Waals surface area contributed by atoms with E-state index in [1.54, 1.807) is 31.4 Å². The van der Waals surface area contributed by atoms with Crippen molar-refractivity contribution in [2.75, 3.05) is 13.7 Å². The molecule has 0 radical (unpaired) electrons. The minimum Gasteiger partial charge on any atom is -0.497 e. The third kappa shape index (κ3) is 3.19. The second-order valence-corrected chi connectivity index (χ2v) is 6.15. The number of hydrogen-bond acceptors (Lipinski definition) is 6. The lowest BCUT2D eigenvalue weighted by atomic mass is 10.1. The molecule has 1 aliphatic rings. The number of carbonyl (C=O) groups excluding carboxylic acids is 2. The summed E-state index contributed by atoms with van der Waals surface area (Å²) in [6.45, 7) is 0.312. The van der Waals surface area contributed by atoms with Crippen molar-refractivity contribution in [3.8, 4) is 17.1 Å². The van der Waals surface area contributed by atoms with E-state index >= 15 is 0 Å². The molecule has 2 amide bonds. The molecule has 0 fully saturated rings. The van der Waals surface area contributed by atoms with Gasteiger partial charge in [-0.25, -0.2) is 0 Å². The van der Waals surface area contributed by atoms with Crippen molar-refractivity contribution in [1.29, 1.82) is 0 Å². The Morgan fingerprint density at radius 3 is 2.30 bits per heavy atom. The van der Waals surface area contributed by atoms with Crippen LogP contribution in [0.5, 0.6) is 5.75 Å². The molecule has 1 aromatic heterocycles. The Kier molecular flexibility index (Phi) is 4.42. The number of methoxy groups -OCH3 is 1. The standard InChI is InChI=1S/C20H17N3O4/c1-26-14-10-8-13(9-11-14)18-21-17(27-22-18)7-4-12-23-19(24)15-5-2-3-6-16(15)20(23)25/h2-3,5-6,8-11H,4,7,12H2,1H3. The van der Waals surface area contributed by atoms with E-state index in [1.165, 1.54) is 4.90 Å². The van der Waals surface area contributed by atoms with Gasteiger partial charge in [-0.2, -0.15) is 4.98 Å². The van der Waals surface area contributed by atoms with E-state index in [1.807, 2.05) is 24.3 Å². The van der Waals surface area contributed by atoms with Crippen LogP contribution in [0.4, 0.5) is 0 Å². The highest BCUT2D eigenvalue weighted by molar-refractivity contribution is 6.21. The summed E-state index contributed by atoms with van der Waals surface area (Å²) in [5.41, 5.74) is 1.75. The number of aromatic nitrogens is 2. The Morgan fingerprint density at radius 2 is 1.67 bits per heavy atom. The fourth-order valence-electron chi connectivity index (χ4n) is 3.04. The summed E-state index contributed by atoms with van der Waals surface area (Å²) in [6.07, 6.45) is 1.03. The lowest BCUT2D eigenvalue weighted by Gasteiger charge is -2.12. The normalized spacial score (nSPS) is 13.1. The van der Waals surface area contributed by atoms with Gasteiger partial charge in [-0.3, -0.25) is 14.5 Å². The molecule has 0 saturated carbocycles. The molecular formula is C20H17N3O4. The van der Waals surface area contributed by atoms with Crippen molar-refractivity contribution < 1.29 is 18.8 Å². The van der Waals surface area contributed by atoms with E-state index in [4.69, 9.17) is 9.26 Å². The van der Waals surface area contributed by atoms with Gasteiger partial charge in [0.25, 0.3) is 11.8 Å². The van der Waals surface area contributed by atoms with Crippen molar-refractivity contribution >= 4 is 11.8 Å². The molecule has 4 rings (SSSR count). The molecule has 0 saturated heterocycles. The summed E-state index contributed by atoms with van der Waals surface area (Å²) in [7, 11) is 1.61. The molecule has 7 nitrogen and oxygen atoms in total. The number of ether oxygens (including phenoxy) is 1. The maximum absolute atomic E-state index is 12.3. The van der Waals surface area contributed by atoms with Gasteiger partial charge in [0.1, 0.15) is 5.75 Å². The Bertz CT molecular complexity index is 959. The molecule has 2 heterocycles. The van der Waals surface area contributed by atoms with Gasteiger partial charge in [0.15, 0.2) is 0 Å². The van der Waals surface area contributed by atoms with Crippen LogP contribution in [0.2, 0.25) is 0 Å². The first-order valence-electron chi connectivity index (χ1n) is 8.59. The monoisotopic (exact) mass is 363 g/mol. The average Bonchev–Trinajstić information content (AvgIpc) is 3.27. The van der Waals surface area contributed by atoms with Gasteiger partial charge >= 0.3 is 0 Å².